The van der Waals surface area contributed by atoms with E-state index in [9.17, 15) is 30.8 Å². The summed E-state index contributed by atoms with van der Waals surface area (Å²) in [5, 5.41) is 3.03. The fraction of sp³-hybridized carbons (Fsp3) is 0.344. The number of piperidine rings is 1. The molecule has 2 N–H and O–H groups in total. The van der Waals surface area contributed by atoms with Gasteiger partial charge in [0.05, 0.1) is 23.5 Å². The molecule has 0 saturated carbocycles. The van der Waals surface area contributed by atoms with Crippen molar-refractivity contribution < 1.29 is 30.8 Å². The molecule has 1 fully saturated rings. The normalized spacial score (nSPS) is 15.2. The number of aromatic nitrogens is 2. The Hall–Kier alpha value is -4.26. The highest BCUT2D eigenvalue weighted by atomic mass is 32.2. The summed E-state index contributed by atoms with van der Waals surface area (Å²) in [7, 11) is -3.62. The fourth-order valence-electron chi connectivity index (χ4n) is 5.62. The van der Waals surface area contributed by atoms with Crippen molar-refractivity contribution in [1.29, 1.82) is 0 Å². The van der Waals surface area contributed by atoms with Crippen molar-refractivity contribution in [2.45, 2.75) is 45.3 Å². The van der Waals surface area contributed by atoms with E-state index in [0.29, 0.717) is 30.0 Å². The molecule has 1 aliphatic rings. The quantitative estimate of drug-likeness (QED) is 0.215. The van der Waals surface area contributed by atoms with Crippen LogP contribution in [0.4, 0.5) is 29.1 Å². The molecule has 0 radical (unpaired) electrons. The second-order valence-corrected chi connectivity index (χ2v) is 13.2. The van der Waals surface area contributed by atoms with Crippen LogP contribution in [0.1, 0.15) is 58.7 Å². The number of carbonyl (C=O) groups excluding carboxylic acids is 1. The number of aryl methyl sites for hydroxylation is 1. The summed E-state index contributed by atoms with van der Waals surface area (Å²) in [6, 6.07) is 15.9. The van der Waals surface area contributed by atoms with Gasteiger partial charge in [0.2, 0.25) is 15.8 Å². The molecule has 5 rings (SSSR count). The summed E-state index contributed by atoms with van der Waals surface area (Å²) in [5.41, 5.74) is 2.09. The lowest BCUT2D eigenvalue weighted by molar-refractivity contribution is -0.144. The Morgan fingerprint density at radius 2 is 1.73 bits per heavy atom. The van der Waals surface area contributed by atoms with E-state index in [4.69, 9.17) is 0 Å². The number of nitrogens with zero attached hydrogens (tertiary/aromatic N) is 3. The summed E-state index contributed by atoms with van der Waals surface area (Å²) in [6.07, 6.45) is -1.38. The average Bonchev–Trinajstić information content (AvgIpc) is 2.97. The maximum absolute atomic E-state index is 15.0. The van der Waals surface area contributed by atoms with Crippen molar-refractivity contribution in [3.63, 3.8) is 0 Å². The predicted octanol–water partition coefficient (Wildman–Crippen LogP) is 6.42. The number of alkyl halides is 3. The van der Waals surface area contributed by atoms with E-state index in [1.165, 1.54) is 29.8 Å². The Kier molecular flexibility index (Phi) is 9.02. The molecule has 8 nitrogen and oxygen atoms in total. The number of fused-ring (bicyclic) bond motifs is 1. The molecule has 1 aliphatic heterocycles. The number of benzene rings is 3. The molecule has 238 valence electrons. The second kappa shape index (κ2) is 12.6. The third-order valence-corrected chi connectivity index (χ3v) is 8.52. The summed E-state index contributed by atoms with van der Waals surface area (Å²) >= 11 is 0. The van der Waals surface area contributed by atoms with Crippen LogP contribution in [-0.2, 0) is 22.6 Å². The summed E-state index contributed by atoms with van der Waals surface area (Å²) in [6.45, 7) is 4.17. The van der Waals surface area contributed by atoms with E-state index in [0.717, 1.165) is 31.6 Å². The molecule has 1 amide bonds. The van der Waals surface area contributed by atoms with Crippen molar-refractivity contribution in [1.82, 2.24) is 15.3 Å². The van der Waals surface area contributed by atoms with Crippen LogP contribution in [-0.4, -0.2) is 43.6 Å². The van der Waals surface area contributed by atoms with Crippen LogP contribution >= 0.6 is 0 Å². The van der Waals surface area contributed by atoms with Gasteiger partial charge < -0.3 is 10.2 Å². The molecule has 45 heavy (non-hydrogen) atoms. The van der Waals surface area contributed by atoms with Gasteiger partial charge in [-0.1, -0.05) is 30.3 Å². The lowest BCUT2D eigenvalue weighted by Gasteiger charge is -2.33. The molecule has 3 aromatic carbocycles. The molecular formula is C32H33F4N5O3S. The van der Waals surface area contributed by atoms with E-state index in [1.54, 1.807) is 13.8 Å². The van der Waals surface area contributed by atoms with Crippen LogP contribution in [0.15, 0.2) is 60.7 Å². The topological polar surface area (TPSA) is 104 Å². The minimum Gasteiger partial charge on any atom is -0.356 e. The Morgan fingerprint density at radius 1 is 1.04 bits per heavy atom. The van der Waals surface area contributed by atoms with Crippen molar-refractivity contribution in [2.24, 2.45) is 5.92 Å². The van der Waals surface area contributed by atoms with Gasteiger partial charge >= 0.3 is 6.18 Å². The number of amides is 1. The molecule has 0 aliphatic carbocycles. The van der Waals surface area contributed by atoms with Gasteiger partial charge in [-0.05, 0) is 80.5 Å². The first-order valence-corrected chi connectivity index (χ1v) is 16.3. The third-order valence-electron chi connectivity index (χ3n) is 7.93. The first-order valence-electron chi connectivity index (χ1n) is 14.4. The van der Waals surface area contributed by atoms with Gasteiger partial charge in [-0.25, -0.2) is 22.8 Å². The van der Waals surface area contributed by atoms with E-state index >= 15 is 0 Å². The number of hydrogen-bond acceptors (Lipinski definition) is 6. The number of nitrogens with one attached hydrogen (secondary N) is 2. The average molecular weight is 644 g/mol. The third kappa shape index (κ3) is 7.70. The van der Waals surface area contributed by atoms with Crippen molar-refractivity contribution >= 4 is 38.3 Å². The largest absolute Gasteiger partial charge is 0.451 e. The molecule has 1 aromatic heterocycles. The highest BCUT2D eigenvalue weighted by molar-refractivity contribution is 7.92. The van der Waals surface area contributed by atoms with Crippen LogP contribution in [0, 0.1) is 18.7 Å². The summed E-state index contributed by atoms with van der Waals surface area (Å²) < 4.78 is 81.7. The minimum atomic E-state index is -4.76. The number of anilines is 2. The Balaban J connectivity index is 1.39. The molecule has 0 spiro atoms. The van der Waals surface area contributed by atoms with Crippen molar-refractivity contribution in [3.05, 3.63) is 94.6 Å². The standard InChI is InChI=1S/C32H33F4N5O3S/c1-19-15-24(26(33)18-28(19)40-45(3,43)44)20(2)37-30(42)23-9-10-27-25(17-23)29(39-31(38-27)32(34,35)36)41-13-11-22(12-14-41)16-21-7-5-4-6-8-21/h4-10,15,17-18,20,22,40H,11-14,16H2,1-3H3,(H,37,42)/t20-/m1/s1. The smallest absolute Gasteiger partial charge is 0.356 e. The van der Waals surface area contributed by atoms with Crippen molar-refractivity contribution in [3.8, 4) is 0 Å². The van der Waals surface area contributed by atoms with Crippen LogP contribution in [0.3, 0.4) is 0 Å². The van der Waals surface area contributed by atoms with Gasteiger partial charge in [-0.3, -0.25) is 9.52 Å². The highest BCUT2D eigenvalue weighted by Gasteiger charge is 2.36. The molecule has 1 atom stereocenters. The van der Waals surface area contributed by atoms with E-state index in [2.05, 4.69) is 32.1 Å². The van der Waals surface area contributed by atoms with Gasteiger partial charge in [0.25, 0.3) is 5.91 Å². The minimum absolute atomic E-state index is 0.0546. The van der Waals surface area contributed by atoms with Gasteiger partial charge in [-0.2, -0.15) is 13.2 Å². The SMILES string of the molecule is Cc1cc([C@@H](C)NC(=O)c2ccc3nc(C(F)(F)F)nc(N4CCC(Cc5ccccc5)CC4)c3c2)c(F)cc1NS(C)(=O)=O. The zero-order valence-electron chi connectivity index (χ0n) is 25.0. The van der Waals surface area contributed by atoms with Crippen molar-refractivity contribution in [2.75, 3.05) is 29.0 Å². The molecule has 13 heteroatoms. The van der Waals surface area contributed by atoms with E-state index in [1.807, 2.05) is 23.1 Å². The van der Waals surface area contributed by atoms with Crippen LogP contribution in [0.5, 0.6) is 0 Å². The number of halogens is 4. The number of rotatable bonds is 8. The van der Waals surface area contributed by atoms with Gasteiger partial charge in [0, 0.05) is 29.6 Å². The second-order valence-electron chi connectivity index (χ2n) is 11.5. The summed E-state index contributed by atoms with van der Waals surface area (Å²) in [5.74, 6) is -2.05. The molecule has 4 aromatic rings. The maximum Gasteiger partial charge on any atom is 0.451 e. The molecular weight excluding hydrogens is 610 g/mol. The van der Waals surface area contributed by atoms with E-state index < -0.39 is 39.8 Å². The number of carbonyl (C=O) groups is 1. The molecule has 2 heterocycles. The Bertz CT molecular complexity index is 1830. The molecule has 1 saturated heterocycles. The van der Waals surface area contributed by atoms with Gasteiger partial charge in [-0.15, -0.1) is 0 Å². The predicted molar refractivity (Wildman–Crippen MR) is 165 cm³/mol. The van der Waals surface area contributed by atoms with Crippen LogP contribution in [0.25, 0.3) is 10.9 Å². The monoisotopic (exact) mass is 643 g/mol. The lowest BCUT2D eigenvalue weighted by atomic mass is 9.90. The highest BCUT2D eigenvalue weighted by Crippen LogP contribution is 2.34. The van der Waals surface area contributed by atoms with Crippen LogP contribution < -0.4 is 14.9 Å². The Morgan fingerprint density at radius 3 is 2.38 bits per heavy atom. The summed E-state index contributed by atoms with van der Waals surface area (Å²) in [4.78, 5) is 22.8. The first kappa shape index (κ1) is 32.1. The zero-order chi connectivity index (χ0) is 32.5. The molecule has 0 bridgehead atoms. The zero-order valence-corrected chi connectivity index (χ0v) is 25.8. The Labute approximate surface area is 258 Å². The molecule has 0 unspecified atom stereocenters. The fourth-order valence-corrected chi connectivity index (χ4v) is 6.24. The number of hydrogen-bond donors (Lipinski definition) is 2. The maximum atomic E-state index is 15.0. The lowest BCUT2D eigenvalue weighted by Crippen LogP contribution is -2.35. The first-order chi connectivity index (χ1) is 21.2. The van der Waals surface area contributed by atoms with Gasteiger partial charge in [0.1, 0.15) is 11.6 Å². The van der Waals surface area contributed by atoms with Gasteiger partial charge in [0.15, 0.2) is 0 Å². The van der Waals surface area contributed by atoms with Crippen LogP contribution in [0.2, 0.25) is 0 Å². The van der Waals surface area contributed by atoms with E-state index in [-0.39, 0.29) is 28.1 Å². The number of sulfonamides is 1.